The quantitative estimate of drug-likeness (QED) is 0.818. The van der Waals surface area contributed by atoms with Crippen LogP contribution in [0, 0.1) is 20.8 Å². The molecule has 0 saturated heterocycles. The van der Waals surface area contributed by atoms with Crippen LogP contribution < -0.4 is 11.1 Å². The van der Waals surface area contributed by atoms with Gasteiger partial charge in [0.25, 0.3) is 5.91 Å². The van der Waals surface area contributed by atoms with E-state index in [1.54, 1.807) is 18.2 Å². The van der Waals surface area contributed by atoms with Crippen LogP contribution >= 0.6 is 11.6 Å². The number of benzene rings is 2. The minimum absolute atomic E-state index is 0.235. The Labute approximate surface area is 123 Å². The van der Waals surface area contributed by atoms with Crippen LogP contribution in [0.4, 0.5) is 11.4 Å². The van der Waals surface area contributed by atoms with E-state index in [0.717, 1.165) is 16.7 Å². The molecule has 1 amide bonds. The monoisotopic (exact) mass is 288 g/mol. The van der Waals surface area contributed by atoms with E-state index < -0.39 is 0 Å². The average Bonchev–Trinajstić information content (AvgIpc) is 2.35. The molecule has 3 N–H and O–H groups in total. The molecule has 0 unspecified atom stereocenters. The molecular weight excluding hydrogens is 272 g/mol. The highest BCUT2D eigenvalue weighted by atomic mass is 35.5. The molecule has 0 fully saturated rings. The van der Waals surface area contributed by atoms with Gasteiger partial charge in [-0.1, -0.05) is 23.7 Å². The van der Waals surface area contributed by atoms with E-state index in [9.17, 15) is 4.79 Å². The fourth-order valence-corrected chi connectivity index (χ4v) is 2.32. The zero-order valence-corrected chi connectivity index (χ0v) is 12.5. The van der Waals surface area contributed by atoms with Crippen LogP contribution in [0.25, 0.3) is 0 Å². The summed E-state index contributed by atoms with van der Waals surface area (Å²) in [5.74, 6) is -0.235. The number of nitrogen functional groups attached to an aromatic ring is 1. The van der Waals surface area contributed by atoms with E-state index >= 15 is 0 Å². The van der Waals surface area contributed by atoms with Gasteiger partial charge in [-0.3, -0.25) is 4.79 Å². The van der Waals surface area contributed by atoms with Crippen molar-refractivity contribution in [3.63, 3.8) is 0 Å². The second-order valence-electron chi connectivity index (χ2n) is 4.96. The van der Waals surface area contributed by atoms with Crippen LogP contribution in [-0.2, 0) is 0 Å². The molecule has 0 radical (unpaired) electrons. The molecule has 0 saturated carbocycles. The average molecular weight is 289 g/mol. The predicted molar refractivity (Wildman–Crippen MR) is 84.5 cm³/mol. The molecule has 0 aliphatic carbocycles. The second-order valence-corrected chi connectivity index (χ2v) is 5.37. The summed E-state index contributed by atoms with van der Waals surface area (Å²) in [5.41, 5.74) is 10.7. The molecule has 0 bridgehead atoms. The fraction of sp³-hybridized carbons (Fsp3) is 0.188. The number of halogens is 1. The minimum atomic E-state index is -0.235. The smallest absolute Gasteiger partial charge is 0.257 e. The predicted octanol–water partition coefficient (Wildman–Crippen LogP) is 4.10. The van der Waals surface area contributed by atoms with Crippen molar-refractivity contribution in [3.05, 3.63) is 57.6 Å². The standard InChI is InChI=1S/C16H17ClN2O/c1-9-4-5-12(13(17)6-9)16(20)19-15-8-14(18)10(2)7-11(15)3/h4-8H,18H2,1-3H3,(H,19,20). The first-order chi connectivity index (χ1) is 9.38. The van der Waals surface area contributed by atoms with Crippen LogP contribution in [-0.4, -0.2) is 5.91 Å². The van der Waals surface area contributed by atoms with Gasteiger partial charge in [0.1, 0.15) is 0 Å². The summed E-state index contributed by atoms with van der Waals surface area (Å²) >= 11 is 6.10. The molecule has 0 aliphatic heterocycles. The van der Waals surface area contributed by atoms with Crippen molar-refractivity contribution < 1.29 is 4.79 Å². The zero-order valence-electron chi connectivity index (χ0n) is 11.8. The maximum atomic E-state index is 12.3. The molecule has 0 aromatic heterocycles. The number of rotatable bonds is 2. The van der Waals surface area contributed by atoms with Crippen molar-refractivity contribution in [1.29, 1.82) is 0 Å². The van der Waals surface area contributed by atoms with Gasteiger partial charge >= 0.3 is 0 Å². The van der Waals surface area contributed by atoms with E-state index in [4.69, 9.17) is 17.3 Å². The Bertz CT molecular complexity index is 680. The molecule has 0 atom stereocenters. The SMILES string of the molecule is Cc1ccc(C(=O)Nc2cc(N)c(C)cc2C)c(Cl)c1. The lowest BCUT2D eigenvalue weighted by molar-refractivity contribution is 0.102. The van der Waals surface area contributed by atoms with Gasteiger partial charge < -0.3 is 11.1 Å². The van der Waals surface area contributed by atoms with E-state index in [1.165, 1.54) is 0 Å². The number of hydrogen-bond acceptors (Lipinski definition) is 2. The maximum Gasteiger partial charge on any atom is 0.257 e. The number of hydrogen-bond donors (Lipinski definition) is 2. The third-order valence-corrected chi connectivity index (χ3v) is 3.54. The van der Waals surface area contributed by atoms with Crippen molar-refractivity contribution in [3.8, 4) is 0 Å². The lowest BCUT2D eigenvalue weighted by Crippen LogP contribution is -2.14. The first kappa shape index (κ1) is 14.4. The van der Waals surface area contributed by atoms with Crippen molar-refractivity contribution >= 4 is 28.9 Å². The number of nitrogens with two attached hydrogens (primary N) is 1. The molecule has 2 aromatic carbocycles. The van der Waals surface area contributed by atoms with Gasteiger partial charge in [-0.25, -0.2) is 0 Å². The third-order valence-electron chi connectivity index (χ3n) is 3.23. The number of carbonyl (C=O) groups is 1. The Kier molecular flexibility index (Phi) is 4.00. The zero-order chi connectivity index (χ0) is 14.9. The Morgan fingerprint density at radius 2 is 1.80 bits per heavy atom. The Morgan fingerprint density at radius 3 is 2.45 bits per heavy atom. The molecule has 0 spiro atoms. The topological polar surface area (TPSA) is 55.1 Å². The molecule has 2 rings (SSSR count). The van der Waals surface area contributed by atoms with Gasteiger partial charge in [-0.15, -0.1) is 0 Å². The van der Waals surface area contributed by atoms with Crippen molar-refractivity contribution in [2.45, 2.75) is 20.8 Å². The van der Waals surface area contributed by atoms with Crippen LogP contribution in [0.2, 0.25) is 5.02 Å². The number of aryl methyl sites for hydroxylation is 3. The molecule has 2 aromatic rings. The number of nitrogens with one attached hydrogen (secondary N) is 1. The van der Waals surface area contributed by atoms with Crippen molar-refractivity contribution in [2.75, 3.05) is 11.1 Å². The van der Waals surface area contributed by atoms with Gasteiger partial charge in [0.2, 0.25) is 0 Å². The Hall–Kier alpha value is -2.00. The van der Waals surface area contributed by atoms with E-state index in [1.807, 2.05) is 32.9 Å². The normalized spacial score (nSPS) is 10.4. The molecular formula is C16H17ClN2O. The van der Waals surface area contributed by atoms with Crippen LogP contribution in [0.5, 0.6) is 0 Å². The minimum Gasteiger partial charge on any atom is -0.398 e. The fourth-order valence-electron chi connectivity index (χ4n) is 2.00. The first-order valence-corrected chi connectivity index (χ1v) is 6.70. The lowest BCUT2D eigenvalue weighted by atomic mass is 10.1. The first-order valence-electron chi connectivity index (χ1n) is 6.32. The van der Waals surface area contributed by atoms with E-state index in [0.29, 0.717) is 22.0 Å². The summed E-state index contributed by atoms with van der Waals surface area (Å²) < 4.78 is 0. The molecule has 20 heavy (non-hydrogen) atoms. The number of anilines is 2. The van der Waals surface area contributed by atoms with Crippen LogP contribution in [0.15, 0.2) is 30.3 Å². The third kappa shape index (κ3) is 2.94. The lowest BCUT2D eigenvalue weighted by Gasteiger charge is -2.12. The van der Waals surface area contributed by atoms with Crippen molar-refractivity contribution in [2.24, 2.45) is 0 Å². The molecule has 4 heteroatoms. The van der Waals surface area contributed by atoms with Crippen LogP contribution in [0.1, 0.15) is 27.0 Å². The molecule has 3 nitrogen and oxygen atoms in total. The highest BCUT2D eigenvalue weighted by Crippen LogP contribution is 2.24. The Morgan fingerprint density at radius 1 is 1.10 bits per heavy atom. The molecule has 104 valence electrons. The highest BCUT2D eigenvalue weighted by Gasteiger charge is 2.12. The summed E-state index contributed by atoms with van der Waals surface area (Å²) in [7, 11) is 0. The van der Waals surface area contributed by atoms with Crippen LogP contribution in [0.3, 0.4) is 0 Å². The van der Waals surface area contributed by atoms with Gasteiger partial charge in [-0.2, -0.15) is 0 Å². The summed E-state index contributed by atoms with van der Waals surface area (Å²) in [6, 6.07) is 9.07. The van der Waals surface area contributed by atoms with Crippen molar-refractivity contribution in [1.82, 2.24) is 0 Å². The second kappa shape index (κ2) is 5.55. The van der Waals surface area contributed by atoms with Gasteiger partial charge in [-0.05, 0) is 55.7 Å². The highest BCUT2D eigenvalue weighted by molar-refractivity contribution is 6.34. The van der Waals surface area contributed by atoms with E-state index in [-0.39, 0.29) is 5.91 Å². The Balaban J connectivity index is 2.30. The van der Waals surface area contributed by atoms with E-state index in [2.05, 4.69) is 5.32 Å². The largest absolute Gasteiger partial charge is 0.398 e. The maximum absolute atomic E-state index is 12.3. The summed E-state index contributed by atoms with van der Waals surface area (Å²) in [4.78, 5) is 12.3. The summed E-state index contributed by atoms with van der Waals surface area (Å²) in [6.07, 6.45) is 0. The number of carbonyl (C=O) groups excluding carboxylic acids is 1. The van der Waals surface area contributed by atoms with Gasteiger partial charge in [0.15, 0.2) is 0 Å². The molecule has 0 aliphatic rings. The summed E-state index contributed by atoms with van der Waals surface area (Å²) in [5, 5.41) is 3.30. The number of amides is 1. The summed E-state index contributed by atoms with van der Waals surface area (Å²) in [6.45, 7) is 5.79. The molecule has 0 heterocycles. The van der Waals surface area contributed by atoms with Gasteiger partial charge in [0.05, 0.1) is 10.6 Å². The van der Waals surface area contributed by atoms with Gasteiger partial charge in [0, 0.05) is 11.4 Å².